The summed E-state index contributed by atoms with van der Waals surface area (Å²) in [6.07, 6.45) is 8.73. The second-order valence-electron chi connectivity index (χ2n) is 7.79. The van der Waals surface area contributed by atoms with E-state index in [2.05, 4.69) is 38.0 Å². The smallest absolute Gasteiger partial charge is 0.285 e. The zero-order valence-corrected chi connectivity index (χ0v) is 16.5. The Labute approximate surface area is 164 Å². The molecule has 2 aliphatic rings. The van der Waals surface area contributed by atoms with Gasteiger partial charge in [-0.05, 0) is 30.9 Å². The van der Waals surface area contributed by atoms with Crippen molar-refractivity contribution >= 4 is 17.3 Å². The lowest BCUT2D eigenvalue weighted by molar-refractivity contribution is 0.219. The number of aromatic nitrogens is 3. The minimum atomic E-state index is -0.334. The van der Waals surface area contributed by atoms with Crippen molar-refractivity contribution in [2.45, 2.75) is 45.2 Å². The summed E-state index contributed by atoms with van der Waals surface area (Å²) in [4.78, 5) is 21.1. The molecule has 4 rings (SSSR count). The Morgan fingerprint density at radius 3 is 2.93 bits per heavy atom. The standard InChI is InChI=1S/C20H26ClN5O/c1-14-12-25(8-9-26(14)18-11-23-24-20(27)19(18)21)13-16-6-3-7-22-17(16)10-15-4-2-5-15/h3,6-7,11,14-15H,2,4-5,8-10,12-13H2,1H3,(H,24,27)/t14-/m1/s1. The number of H-pyrrole nitrogens is 1. The highest BCUT2D eigenvalue weighted by Gasteiger charge is 2.27. The van der Waals surface area contributed by atoms with E-state index in [1.807, 2.05) is 12.3 Å². The predicted octanol–water partition coefficient (Wildman–Crippen LogP) is 2.87. The zero-order valence-electron chi connectivity index (χ0n) is 15.7. The van der Waals surface area contributed by atoms with Crippen molar-refractivity contribution in [3.05, 3.63) is 51.2 Å². The van der Waals surface area contributed by atoms with Crippen molar-refractivity contribution in [1.82, 2.24) is 20.1 Å². The number of hydrogen-bond donors (Lipinski definition) is 1. The number of hydrogen-bond acceptors (Lipinski definition) is 5. The Morgan fingerprint density at radius 2 is 2.19 bits per heavy atom. The van der Waals surface area contributed by atoms with Crippen LogP contribution in [0.2, 0.25) is 5.02 Å². The Hall–Kier alpha value is -1.92. The maximum absolute atomic E-state index is 11.8. The van der Waals surface area contributed by atoms with E-state index >= 15 is 0 Å². The van der Waals surface area contributed by atoms with Gasteiger partial charge in [-0.25, -0.2) is 5.10 Å². The second-order valence-corrected chi connectivity index (χ2v) is 8.16. The van der Waals surface area contributed by atoms with Crippen molar-refractivity contribution < 1.29 is 0 Å². The molecular formula is C20H26ClN5O. The molecule has 1 aliphatic carbocycles. The third-order valence-corrected chi connectivity index (χ3v) is 6.25. The Balaban J connectivity index is 1.43. The highest BCUT2D eigenvalue weighted by atomic mass is 35.5. The summed E-state index contributed by atoms with van der Waals surface area (Å²) in [5, 5.41) is 6.52. The first-order valence-electron chi connectivity index (χ1n) is 9.76. The Kier molecular flexibility index (Phi) is 5.45. The quantitative estimate of drug-likeness (QED) is 0.854. The van der Waals surface area contributed by atoms with E-state index in [1.165, 1.54) is 30.5 Å². The van der Waals surface area contributed by atoms with Crippen molar-refractivity contribution in [2.24, 2.45) is 5.92 Å². The lowest BCUT2D eigenvalue weighted by Gasteiger charge is -2.41. The van der Waals surface area contributed by atoms with Crippen LogP contribution in [0.1, 0.15) is 37.4 Å². The van der Waals surface area contributed by atoms with Crippen LogP contribution in [0, 0.1) is 5.92 Å². The molecule has 1 N–H and O–H groups in total. The van der Waals surface area contributed by atoms with Crippen LogP contribution in [0.15, 0.2) is 29.3 Å². The van der Waals surface area contributed by atoms with Gasteiger partial charge in [-0.2, -0.15) is 5.10 Å². The van der Waals surface area contributed by atoms with Crippen molar-refractivity contribution in [3.8, 4) is 0 Å². The van der Waals surface area contributed by atoms with Gasteiger partial charge in [0.1, 0.15) is 5.02 Å². The summed E-state index contributed by atoms with van der Waals surface area (Å²) in [6, 6.07) is 4.52. The van der Waals surface area contributed by atoms with Gasteiger partial charge in [0.15, 0.2) is 0 Å². The first-order chi connectivity index (χ1) is 13.1. The lowest BCUT2D eigenvalue weighted by atomic mass is 9.81. The molecule has 7 heteroatoms. The molecule has 0 unspecified atom stereocenters. The molecule has 1 saturated heterocycles. The SMILES string of the molecule is C[C@@H]1CN(Cc2cccnc2CC2CCC2)CCN1c1cn[nH]c(=O)c1Cl. The number of anilines is 1. The molecule has 2 aromatic heterocycles. The number of nitrogens with zero attached hydrogens (tertiary/aromatic N) is 4. The number of rotatable bonds is 5. The fourth-order valence-corrected chi connectivity index (χ4v) is 4.32. The zero-order chi connectivity index (χ0) is 18.8. The highest BCUT2D eigenvalue weighted by molar-refractivity contribution is 6.33. The third-order valence-electron chi connectivity index (χ3n) is 5.88. The van der Waals surface area contributed by atoms with Gasteiger partial charge in [0.25, 0.3) is 5.56 Å². The van der Waals surface area contributed by atoms with E-state index in [9.17, 15) is 4.79 Å². The van der Waals surface area contributed by atoms with Gasteiger partial charge in [-0.1, -0.05) is 36.9 Å². The molecule has 6 nitrogen and oxygen atoms in total. The number of halogens is 1. The molecule has 144 valence electrons. The Morgan fingerprint density at radius 1 is 1.33 bits per heavy atom. The number of aromatic amines is 1. The fraction of sp³-hybridized carbons (Fsp3) is 0.550. The third kappa shape index (κ3) is 4.01. The molecule has 3 heterocycles. The summed E-state index contributed by atoms with van der Waals surface area (Å²) in [5.74, 6) is 0.820. The summed E-state index contributed by atoms with van der Waals surface area (Å²) in [7, 11) is 0. The topological polar surface area (TPSA) is 65.1 Å². The van der Waals surface area contributed by atoms with E-state index < -0.39 is 0 Å². The van der Waals surface area contributed by atoms with E-state index in [4.69, 9.17) is 11.6 Å². The average Bonchev–Trinajstić information content (AvgIpc) is 2.62. The number of pyridine rings is 1. The van der Waals surface area contributed by atoms with Gasteiger partial charge < -0.3 is 4.90 Å². The van der Waals surface area contributed by atoms with Crippen LogP contribution in [-0.4, -0.2) is 45.8 Å². The van der Waals surface area contributed by atoms with Crippen molar-refractivity contribution in [2.75, 3.05) is 24.5 Å². The Bertz CT molecular complexity index is 850. The van der Waals surface area contributed by atoms with Crippen LogP contribution in [0.5, 0.6) is 0 Å². The van der Waals surface area contributed by atoms with E-state index in [0.717, 1.165) is 44.2 Å². The van der Waals surface area contributed by atoms with E-state index in [-0.39, 0.29) is 16.6 Å². The van der Waals surface area contributed by atoms with Crippen LogP contribution in [-0.2, 0) is 13.0 Å². The molecule has 2 fully saturated rings. The normalized spacial score (nSPS) is 21.3. The first kappa shape index (κ1) is 18.4. The summed E-state index contributed by atoms with van der Waals surface area (Å²) in [6.45, 7) is 5.76. The molecule has 0 amide bonds. The molecule has 0 bridgehead atoms. The lowest BCUT2D eigenvalue weighted by Crippen LogP contribution is -2.52. The average molecular weight is 388 g/mol. The molecule has 0 radical (unpaired) electrons. The van der Waals surface area contributed by atoms with Gasteiger partial charge in [0, 0.05) is 44.1 Å². The maximum Gasteiger partial charge on any atom is 0.285 e. The minimum absolute atomic E-state index is 0.223. The van der Waals surface area contributed by atoms with Gasteiger partial charge in [0.05, 0.1) is 11.9 Å². The van der Waals surface area contributed by atoms with Crippen LogP contribution in [0.3, 0.4) is 0 Å². The van der Waals surface area contributed by atoms with Crippen molar-refractivity contribution in [1.29, 1.82) is 0 Å². The molecule has 0 spiro atoms. The van der Waals surface area contributed by atoms with Crippen molar-refractivity contribution in [3.63, 3.8) is 0 Å². The summed E-state index contributed by atoms with van der Waals surface area (Å²) >= 11 is 6.20. The minimum Gasteiger partial charge on any atom is -0.364 e. The van der Waals surface area contributed by atoms with Gasteiger partial charge in [-0.15, -0.1) is 0 Å². The summed E-state index contributed by atoms with van der Waals surface area (Å²) < 4.78 is 0. The molecule has 1 atom stereocenters. The molecule has 27 heavy (non-hydrogen) atoms. The molecule has 2 aromatic rings. The number of nitrogens with one attached hydrogen (secondary N) is 1. The van der Waals surface area contributed by atoms with Crippen LogP contribution < -0.4 is 10.5 Å². The van der Waals surface area contributed by atoms with Gasteiger partial charge in [0.2, 0.25) is 0 Å². The highest BCUT2D eigenvalue weighted by Crippen LogP contribution is 2.30. The summed E-state index contributed by atoms with van der Waals surface area (Å²) in [5.41, 5.74) is 3.00. The van der Waals surface area contributed by atoms with Crippen LogP contribution in [0.25, 0.3) is 0 Å². The molecule has 1 aliphatic heterocycles. The second kappa shape index (κ2) is 7.98. The van der Waals surface area contributed by atoms with E-state index in [1.54, 1.807) is 6.20 Å². The molecule has 1 saturated carbocycles. The van der Waals surface area contributed by atoms with Crippen LogP contribution in [0.4, 0.5) is 5.69 Å². The van der Waals surface area contributed by atoms with Gasteiger partial charge in [-0.3, -0.25) is 14.7 Å². The predicted molar refractivity (Wildman–Crippen MR) is 107 cm³/mol. The maximum atomic E-state index is 11.8. The van der Waals surface area contributed by atoms with E-state index in [0.29, 0.717) is 0 Å². The fourth-order valence-electron chi connectivity index (χ4n) is 4.12. The van der Waals surface area contributed by atoms with Gasteiger partial charge >= 0.3 is 0 Å². The number of piperazine rings is 1. The molecule has 0 aromatic carbocycles. The monoisotopic (exact) mass is 387 g/mol. The van der Waals surface area contributed by atoms with Crippen LogP contribution >= 0.6 is 11.6 Å². The molecular weight excluding hydrogens is 362 g/mol. The largest absolute Gasteiger partial charge is 0.364 e. The first-order valence-corrected chi connectivity index (χ1v) is 10.1.